The van der Waals surface area contributed by atoms with Gasteiger partial charge in [0.2, 0.25) is 0 Å². The fourth-order valence-corrected chi connectivity index (χ4v) is 7.46. The Labute approximate surface area is 322 Å². The molecule has 0 aliphatic rings. The number of hydrogen-bond acceptors (Lipinski definition) is 9. The Kier molecular flexibility index (Phi) is 17.5. The molecule has 0 radical (unpaired) electrons. The summed E-state index contributed by atoms with van der Waals surface area (Å²) in [4.78, 5) is 1.30. The number of aryl methyl sites for hydroxylation is 1. The van der Waals surface area contributed by atoms with Crippen LogP contribution in [0.25, 0.3) is 0 Å². The molecule has 0 aliphatic carbocycles. The Morgan fingerprint density at radius 1 is 0.585 bits per heavy atom. The molecular formula is C43H60O8SSi. The summed E-state index contributed by atoms with van der Waals surface area (Å²) in [6.07, 6.45) is 2.00. The van der Waals surface area contributed by atoms with Crippen LogP contribution in [0.15, 0.2) is 90.3 Å². The Morgan fingerprint density at radius 3 is 1.55 bits per heavy atom. The van der Waals surface area contributed by atoms with Gasteiger partial charge in [-0.2, -0.15) is 0 Å². The molecular weight excluding hydrogens is 705 g/mol. The Morgan fingerprint density at radius 2 is 1.06 bits per heavy atom. The van der Waals surface area contributed by atoms with Gasteiger partial charge in [0.25, 0.3) is 0 Å². The molecule has 0 atom stereocenters. The van der Waals surface area contributed by atoms with Gasteiger partial charge in [-0.3, -0.25) is 0 Å². The van der Waals surface area contributed by atoms with Crippen molar-refractivity contribution in [3.8, 4) is 11.5 Å². The molecule has 0 fully saturated rings. The molecule has 0 N–H and O–H groups in total. The zero-order chi connectivity index (χ0) is 38.0. The zero-order valence-electron chi connectivity index (χ0n) is 32.8. The molecule has 0 saturated heterocycles. The maximum Gasteiger partial charge on any atom is 0.192 e. The summed E-state index contributed by atoms with van der Waals surface area (Å²) in [6, 6.07) is 28.6. The smallest absolute Gasteiger partial charge is 0.192 e. The minimum absolute atomic E-state index is 0.228. The first-order valence-electron chi connectivity index (χ1n) is 18.6. The van der Waals surface area contributed by atoms with E-state index < -0.39 is 13.9 Å². The van der Waals surface area contributed by atoms with E-state index in [4.69, 9.17) is 37.6 Å². The first kappa shape index (κ1) is 42.7. The molecule has 4 aromatic rings. The van der Waals surface area contributed by atoms with Crippen molar-refractivity contribution in [1.82, 2.24) is 0 Å². The van der Waals surface area contributed by atoms with Crippen molar-refractivity contribution < 1.29 is 37.6 Å². The van der Waals surface area contributed by atoms with Crippen molar-refractivity contribution in [2.75, 3.05) is 73.7 Å². The van der Waals surface area contributed by atoms with Crippen molar-refractivity contribution in [1.29, 1.82) is 0 Å². The molecule has 4 rings (SSSR count). The highest BCUT2D eigenvalue weighted by Crippen LogP contribution is 2.42. The van der Waals surface area contributed by atoms with Gasteiger partial charge in [0.1, 0.15) is 17.1 Å². The SMILES string of the molecule is COc1ccc(C(OCCOCCOCCOCCOCCCc2csc(CO[Si](C)(C)C(C)(C)C)c2)(c2ccccc2)c2ccc(OC)cc2)cc1. The highest BCUT2D eigenvalue weighted by Gasteiger charge is 2.38. The van der Waals surface area contributed by atoms with Crippen LogP contribution in [0.5, 0.6) is 11.5 Å². The molecule has 3 aromatic carbocycles. The molecule has 0 amide bonds. The molecule has 1 aromatic heterocycles. The zero-order valence-corrected chi connectivity index (χ0v) is 34.6. The third-order valence-electron chi connectivity index (χ3n) is 9.68. The number of benzene rings is 3. The molecule has 0 bridgehead atoms. The summed E-state index contributed by atoms with van der Waals surface area (Å²) in [5.74, 6) is 1.57. The van der Waals surface area contributed by atoms with Gasteiger partial charge in [-0.1, -0.05) is 75.4 Å². The van der Waals surface area contributed by atoms with E-state index in [-0.39, 0.29) is 5.04 Å². The fourth-order valence-electron chi connectivity index (χ4n) is 5.57. The molecule has 0 unspecified atom stereocenters. The highest BCUT2D eigenvalue weighted by atomic mass is 32.1. The third kappa shape index (κ3) is 13.0. The largest absolute Gasteiger partial charge is 0.497 e. The summed E-state index contributed by atoms with van der Waals surface area (Å²) in [7, 11) is 1.61. The number of thiophene rings is 1. The van der Waals surface area contributed by atoms with E-state index in [0.29, 0.717) is 59.5 Å². The van der Waals surface area contributed by atoms with Gasteiger partial charge in [-0.25, -0.2) is 0 Å². The van der Waals surface area contributed by atoms with Crippen molar-refractivity contribution >= 4 is 19.7 Å². The fraction of sp³-hybridized carbons (Fsp3) is 0.488. The Hall–Kier alpha value is -3.06. The van der Waals surface area contributed by atoms with E-state index in [2.05, 4.69) is 57.4 Å². The second-order valence-corrected chi connectivity index (χ2v) is 20.2. The van der Waals surface area contributed by atoms with E-state index in [9.17, 15) is 0 Å². The number of rotatable bonds is 25. The quantitative estimate of drug-likeness (QED) is 0.0376. The van der Waals surface area contributed by atoms with Crippen molar-refractivity contribution in [3.05, 3.63) is 117 Å². The summed E-state index contributed by atoms with van der Waals surface area (Å²) in [6.45, 7) is 16.8. The number of methoxy groups -OCH3 is 2. The lowest BCUT2D eigenvalue weighted by atomic mass is 9.80. The minimum Gasteiger partial charge on any atom is -0.497 e. The van der Waals surface area contributed by atoms with Crippen LogP contribution in [0.2, 0.25) is 18.1 Å². The van der Waals surface area contributed by atoms with Gasteiger partial charge in [-0.05, 0) is 88.9 Å². The summed E-state index contributed by atoms with van der Waals surface area (Å²) >= 11 is 1.79. The molecule has 0 saturated carbocycles. The standard InChI is InChI=1S/C43H60O8SSi/c1-42(2,3)53(6,7)51-33-41-32-35(34-52-41)12-11-23-46-24-25-47-26-27-48-28-29-49-30-31-50-43(36-13-9-8-10-14-36,37-15-19-39(44-4)20-16-37)38-17-21-40(45-5)22-18-38/h8-10,13-22,32,34H,11-12,23-31,33H2,1-7H3. The maximum absolute atomic E-state index is 6.81. The van der Waals surface area contributed by atoms with Crippen LogP contribution in [0.4, 0.5) is 0 Å². The average molecular weight is 765 g/mol. The van der Waals surface area contributed by atoms with E-state index in [1.165, 1.54) is 10.4 Å². The highest BCUT2D eigenvalue weighted by molar-refractivity contribution is 7.10. The lowest BCUT2D eigenvalue weighted by molar-refractivity contribution is -0.0384. The Bertz CT molecular complexity index is 1520. The van der Waals surface area contributed by atoms with Gasteiger partial charge >= 0.3 is 0 Å². The second kappa shape index (κ2) is 21.7. The molecule has 290 valence electrons. The predicted octanol–water partition coefficient (Wildman–Crippen LogP) is 9.29. The molecule has 10 heteroatoms. The third-order valence-corrected chi connectivity index (χ3v) is 15.1. The molecule has 53 heavy (non-hydrogen) atoms. The van der Waals surface area contributed by atoms with Crippen molar-refractivity contribution in [3.63, 3.8) is 0 Å². The second-order valence-electron chi connectivity index (χ2n) is 14.4. The van der Waals surface area contributed by atoms with Crippen LogP contribution in [0, 0.1) is 0 Å². The van der Waals surface area contributed by atoms with Crippen LogP contribution >= 0.6 is 11.3 Å². The minimum atomic E-state index is -1.73. The van der Waals surface area contributed by atoms with Crippen LogP contribution in [0.1, 0.15) is 54.3 Å². The summed E-state index contributed by atoms with van der Waals surface area (Å²) < 4.78 is 47.2. The first-order valence-corrected chi connectivity index (χ1v) is 22.4. The predicted molar refractivity (Wildman–Crippen MR) is 216 cm³/mol. The molecule has 8 nitrogen and oxygen atoms in total. The lowest BCUT2D eigenvalue weighted by Gasteiger charge is -2.36. The maximum atomic E-state index is 6.81. The number of hydrogen-bond donors (Lipinski definition) is 0. The summed E-state index contributed by atoms with van der Waals surface area (Å²) in [5, 5.41) is 2.47. The molecule has 0 aliphatic heterocycles. The van der Waals surface area contributed by atoms with Gasteiger partial charge in [-0.15, -0.1) is 11.3 Å². The monoisotopic (exact) mass is 764 g/mol. The van der Waals surface area contributed by atoms with E-state index in [1.807, 2.05) is 66.7 Å². The van der Waals surface area contributed by atoms with Gasteiger partial charge < -0.3 is 37.6 Å². The van der Waals surface area contributed by atoms with Gasteiger partial charge in [0.15, 0.2) is 8.32 Å². The normalized spacial score (nSPS) is 12.3. The Balaban J connectivity index is 1.09. The van der Waals surface area contributed by atoms with Gasteiger partial charge in [0.05, 0.1) is 73.7 Å². The van der Waals surface area contributed by atoms with E-state index in [0.717, 1.165) is 47.6 Å². The van der Waals surface area contributed by atoms with Crippen molar-refractivity contribution in [2.24, 2.45) is 0 Å². The van der Waals surface area contributed by atoms with E-state index >= 15 is 0 Å². The summed E-state index contributed by atoms with van der Waals surface area (Å²) in [5.41, 5.74) is 3.48. The molecule has 1 heterocycles. The average Bonchev–Trinajstić information content (AvgIpc) is 3.63. The van der Waals surface area contributed by atoms with Crippen LogP contribution in [0.3, 0.4) is 0 Å². The van der Waals surface area contributed by atoms with Crippen LogP contribution in [-0.2, 0) is 46.7 Å². The van der Waals surface area contributed by atoms with Crippen LogP contribution in [-0.4, -0.2) is 82.0 Å². The topological polar surface area (TPSA) is 73.8 Å². The first-order chi connectivity index (χ1) is 25.6. The van der Waals surface area contributed by atoms with Gasteiger partial charge in [0, 0.05) is 11.5 Å². The lowest BCUT2D eigenvalue weighted by Crippen LogP contribution is -2.40. The molecule has 0 spiro atoms. The van der Waals surface area contributed by atoms with Crippen LogP contribution < -0.4 is 9.47 Å². The van der Waals surface area contributed by atoms with Crippen molar-refractivity contribution in [2.45, 2.75) is 64.0 Å². The number of ether oxygens (including phenoxy) is 7. The van der Waals surface area contributed by atoms with E-state index in [1.54, 1.807) is 25.6 Å².